The van der Waals surface area contributed by atoms with Gasteiger partial charge in [0, 0.05) is 19.2 Å². The van der Waals surface area contributed by atoms with Crippen molar-refractivity contribution >= 4 is 29.9 Å². The topological polar surface area (TPSA) is 68.9 Å². The maximum atomic E-state index is 5.94. The molecule has 0 aliphatic rings. The minimum Gasteiger partial charge on any atom is -0.493 e. The van der Waals surface area contributed by atoms with Crippen molar-refractivity contribution < 1.29 is 9.47 Å². The monoisotopic (exact) mass is 449 g/mol. The van der Waals surface area contributed by atoms with Gasteiger partial charge in [-0.2, -0.15) is 0 Å². The van der Waals surface area contributed by atoms with Gasteiger partial charge in [-0.1, -0.05) is 38.3 Å². The third-order valence-electron chi connectivity index (χ3n) is 3.51. The van der Waals surface area contributed by atoms with Crippen LogP contribution in [0.3, 0.4) is 0 Å². The number of nitrogens with zero attached hydrogens (tertiary/aromatic N) is 1. The second kappa shape index (κ2) is 14.3. The van der Waals surface area contributed by atoms with E-state index in [1.807, 2.05) is 0 Å². The highest BCUT2D eigenvalue weighted by Crippen LogP contribution is 2.21. The zero-order chi connectivity index (χ0) is 16.9. The number of hydrogen-bond acceptors (Lipinski definition) is 3. The number of halogens is 1. The Morgan fingerprint density at radius 2 is 2.00 bits per heavy atom. The van der Waals surface area contributed by atoms with Crippen molar-refractivity contribution in [1.29, 1.82) is 0 Å². The molecule has 0 saturated carbocycles. The van der Waals surface area contributed by atoms with Gasteiger partial charge in [-0.3, -0.25) is 0 Å². The normalized spacial score (nSPS) is 11.0. The van der Waals surface area contributed by atoms with Crippen molar-refractivity contribution in [3.63, 3.8) is 0 Å². The molecule has 138 valence electrons. The molecular weight excluding hydrogens is 417 g/mol. The summed E-state index contributed by atoms with van der Waals surface area (Å²) in [5.74, 6) is 1.34. The molecule has 0 bridgehead atoms. The molecule has 0 fully saturated rings. The van der Waals surface area contributed by atoms with Gasteiger partial charge in [-0.15, -0.1) is 24.0 Å². The lowest BCUT2D eigenvalue weighted by Crippen LogP contribution is -2.34. The highest BCUT2D eigenvalue weighted by Gasteiger charge is 2.04. The number of nitrogens with one attached hydrogen (secondary N) is 1. The molecule has 0 radical (unpaired) electrons. The molecule has 0 unspecified atom stereocenters. The first kappa shape index (κ1) is 23.0. The van der Waals surface area contributed by atoms with E-state index in [0.29, 0.717) is 25.7 Å². The Bertz CT molecular complexity index is 481. The number of rotatable bonds is 11. The summed E-state index contributed by atoms with van der Waals surface area (Å²) in [5, 5.41) is 3.01. The van der Waals surface area contributed by atoms with Gasteiger partial charge in [-0.25, -0.2) is 4.99 Å². The molecule has 0 aliphatic carbocycles. The molecular formula is C18H32IN3O2. The van der Waals surface area contributed by atoms with E-state index < -0.39 is 0 Å². The molecule has 1 aromatic carbocycles. The molecule has 0 heterocycles. The number of ether oxygens (including phenoxy) is 2. The van der Waals surface area contributed by atoms with E-state index in [2.05, 4.69) is 42.4 Å². The first-order valence-corrected chi connectivity index (χ1v) is 8.42. The molecule has 0 atom stereocenters. The van der Waals surface area contributed by atoms with Crippen molar-refractivity contribution in [2.24, 2.45) is 10.7 Å². The SMILES string of the molecule is CCCCCCOc1cc(C)ccc1CN=C(N)NCCOC.I. The van der Waals surface area contributed by atoms with Gasteiger partial charge in [0.2, 0.25) is 0 Å². The quantitative estimate of drug-likeness (QED) is 0.234. The van der Waals surface area contributed by atoms with Crippen molar-refractivity contribution in [2.45, 2.75) is 46.1 Å². The molecule has 0 aliphatic heterocycles. The number of guanidine groups is 1. The van der Waals surface area contributed by atoms with Crippen LogP contribution in [0.2, 0.25) is 0 Å². The predicted molar refractivity (Wildman–Crippen MR) is 111 cm³/mol. The lowest BCUT2D eigenvalue weighted by molar-refractivity contribution is 0.204. The van der Waals surface area contributed by atoms with E-state index in [-0.39, 0.29) is 24.0 Å². The third kappa shape index (κ3) is 9.97. The van der Waals surface area contributed by atoms with Crippen LogP contribution in [0.1, 0.15) is 43.7 Å². The van der Waals surface area contributed by atoms with Crippen molar-refractivity contribution in [2.75, 3.05) is 26.9 Å². The third-order valence-corrected chi connectivity index (χ3v) is 3.51. The van der Waals surface area contributed by atoms with E-state index in [0.717, 1.165) is 24.3 Å². The Balaban J connectivity index is 0.00000529. The lowest BCUT2D eigenvalue weighted by Gasteiger charge is -2.12. The number of nitrogens with two attached hydrogens (primary N) is 1. The fourth-order valence-electron chi connectivity index (χ4n) is 2.15. The molecule has 0 aromatic heterocycles. The Kier molecular flexibility index (Phi) is 13.7. The molecule has 0 amide bonds. The largest absolute Gasteiger partial charge is 0.493 e. The highest BCUT2D eigenvalue weighted by molar-refractivity contribution is 14.0. The summed E-state index contributed by atoms with van der Waals surface area (Å²) in [6.07, 6.45) is 4.80. The van der Waals surface area contributed by atoms with Gasteiger partial charge in [0.05, 0.1) is 19.8 Å². The van der Waals surface area contributed by atoms with Gasteiger partial charge in [0.15, 0.2) is 5.96 Å². The molecule has 5 nitrogen and oxygen atoms in total. The predicted octanol–water partition coefficient (Wildman–Crippen LogP) is 3.62. The van der Waals surface area contributed by atoms with E-state index in [1.54, 1.807) is 7.11 Å². The Labute approximate surface area is 163 Å². The summed E-state index contributed by atoms with van der Waals surface area (Å²) in [6, 6.07) is 6.20. The van der Waals surface area contributed by atoms with E-state index >= 15 is 0 Å². The molecule has 1 rings (SSSR count). The molecule has 0 saturated heterocycles. The van der Waals surface area contributed by atoms with Crippen molar-refractivity contribution in [3.05, 3.63) is 29.3 Å². The van der Waals surface area contributed by atoms with Gasteiger partial charge in [-0.05, 0) is 25.0 Å². The first-order chi connectivity index (χ1) is 11.2. The maximum Gasteiger partial charge on any atom is 0.189 e. The number of unbranched alkanes of at least 4 members (excludes halogenated alkanes) is 3. The van der Waals surface area contributed by atoms with Crippen LogP contribution in [0.25, 0.3) is 0 Å². The van der Waals surface area contributed by atoms with Crippen molar-refractivity contribution in [1.82, 2.24) is 5.32 Å². The minimum atomic E-state index is 0. The number of aryl methyl sites for hydroxylation is 1. The molecule has 3 N–H and O–H groups in total. The van der Waals surface area contributed by atoms with Crippen LogP contribution in [0.15, 0.2) is 23.2 Å². The van der Waals surface area contributed by atoms with Gasteiger partial charge in [0.1, 0.15) is 5.75 Å². The van der Waals surface area contributed by atoms with Crippen LogP contribution < -0.4 is 15.8 Å². The summed E-state index contributed by atoms with van der Waals surface area (Å²) in [4.78, 5) is 4.36. The van der Waals surface area contributed by atoms with E-state index in [9.17, 15) is 0 Å². The van der Waals surface area contributed by atoms with Crippen LogP contribution in [0.4, 0.5) is 0 Å². The second-order valence-corrected chi connectivity index (χ2v) is 5.64. The van der Waals surface area contributed by atoms with Crippen LogP contribution in [0, 0.1) is 6.92 Å². The first-order valence-electron chi connectivity index (χ1n) is 8.42. The average molecular weight is 449 g/mol. The zero-order valence-corrected chi connectivity index (χ0v) is 17.5. The number of hydrogen-bond donors (Lipinski definition) is 2. The minimum absolute atomic E-state index is 0. The summed E-state index contributed by atoms with van der Waals surface area (Å²) < 4.78 is 10.9. The summed E-state index contributed by atoms with van der Waals surface area (Å²) in [5.41, 5.74) is 8.09. The van der Waals surface area contributed by atoms with Gasteiger partial charge >= 0.3 is 0 Å². The van der Waals surface area contributed by atoms with E-state index in [4.69, 9.17) is 15.2 Å². The standard InChI is InChI=1S/C18H31N3O2.HI/c1-4-5-6-7-11-23-17-13-15(2)8-9-16(17)14-21-18(19)20-10-12-22-3;/h8-9,13H,4-7,10-12,14H2,1-3H3,(H3,19,20,21);1H. The Hall–Kier alpha value is -1.02. The van der Waals surface area contributed by atoms with Crippen LogP contribution in [0.5, 0.6) is 5.75 Å². The lowest BCUT2D eigenvalue weighted by atomic mass is 10.1. The Morgan fingerprint density at radius 3 is 2.71 bits per heavy atom. The zero-order valence-electron chi connectivity index (χ0n) is 15.1. The number of benzene rings is 1. The molecule has 6 heteroatoms. The molecule has 1 aromatic rings. The van der Waals surface area contributed by atoms with Crippen LogP contribution in [-0.4, -0.2) is 32.8 Å². The summed E-state index contributed by atoms with van der Waals surface area (Å²) in [7, 11) is 1.66. The molecule has 24 heavy (non-hydrogen) atoms. The van der Waals surface area contributed by atoms with Gasteiger partial charge in [0.25, 0.3) is 0 Å². The fraction of sp³-hybridized carbons (Fsp3) is 0.611. The summed E-state index contributed by atoms with van der Waals surface area (Å²) in [6.45, 7) is 6.80. The average Bonchev–Trinajstić information content (AvgIpc) is 2.54. The number of methoxy groups -OCH3 is 1. The summed E-state index contributed by atoms with van der Waals surface area (Å²) >= 11 is 0. The van der Waals surface area contributed by atoms with Crippen LogP contribution >= 0.6 is 24.0 Å². The highest BCUT2D eigenvalue weighted by atomic mass is 127. The Morgan fingerprint density at radius 1 is 1.21 bits per heavy atom. The second-order valence-electron chi connectivity index (χ2n) is 5.64. The van der Waals surface area contributed by atoms with Crippen LogP contribution in [-0.2, 0) is 11.3 Å². The molecule has 0 spiro atoms. The van der Waals surface area contributed by atoms with Gasteiger partial charge < -0.3 is 20.5 Å². The van der Waals surface area contributed by atoms with E-state index in [1.165, 1.54) is 24.8 Å². The number of aliphatic imine (C=N–C) groups is 1. The smallest absolute Gasteiger partial charge is 0.189 e. The van der Waals surface area contributed by atoms with Crippen molar-refractivity contribution in [3.8, 4) is 5.75 Å². The maximum absolute atomic E-state index is 5.94. The fourth-order valence-corrected chi connectivity index (χ4v) is 2.15.